The maximum absolute atomic E-state index is 12.6. The van der Waals surface area contributed by atoms with Crippen LogP contribution in [0, 0.1) is 6.92 Å². The molecule has 5 rings (SSSR count). The summed E-state index contributed by atoms with van der Waals surface area (Å²) in [6.07, 6.45) is 3.00. The number of benzene rings is 3. The predicted octanol–water partition coefficient (Wildman–Crippen LogP) is 8.68. The number of rotatable bonds is 5. The van der Waals surface area contributed by atoms with E-state index in [1.165, 1.54) is 6.08 Å². The molecule has 0 bridgehead atoms. The van der Waals surface area contributed by atoms with E-state index in [4.69, 9.17) is 43.6 Å². The van der Waals surface area contributed by atoms with Crippen molar-refractivity contribution in [3.63, 3.8) is 0 Å². The number of hydrogen-bond acceptors (Lipinski definition) is 4. The summed E-state index contributed by atoms with van der Waals surface area (Å²) in [6, 6.07) is 19.6. The summed E-state index contributed by atoms with van der Waals surface area (Å²) in [7, 11) is 0. The van der Waals surface area contributed by atoms with Gasteiger partial charge in [0.2, 0.25) is 11.8 Å². The normalized spacial score (nSPS) is 11.4. The molecule has 0 saturated heterocycles. The molecule has 0 unspecified atom stereocenters. The minimum atomic E-state index is -0.307. The monoisotopic (exact) mass is 522 g/mol. The fourth-order valence-corrected chi connectivity index (χ4v) is 4.23. The maximum Gasteiger partial charge on any atom is 0.248 e. The predicted molar refractivity (Wildman–Crippen MR) is 141 cm³/mol. The number of aromatic nitrogens is 1. The zero-order chi connectivity index (χ0) is 24.5. The van der Waals surface area contributed by atoms with Gasteiger partial charge in [0.05, 0.1) is 0 Å². The standard InChI is InChI=1S/C27H17Cl3N2O3/c1-15-2-3-16(27-32-23-14-18(28)4-7-25(23)35-27)12-22(15)31-26(33)9-6-21-5-8-24(34-21)17-10-19(29)13-20(30)11-17/h2-14H,1H3,(H,31,33)/b9-6+. The third kappa shape index (κ3) is 5.28. The lowest BCUT2D eigenvalue weighted by Crippen LogP contribution is -2.09. The van der Waals surface area contributed by atoms with Gasteiger partial charge in [-0.1, -0.05) is 40.9 Å². The van der Waals surface area contributed by atoms with Crippen LogP contribution < -0.4 is 5.32 Å². The molecule has 1 N–H and O–H groups in total. The number of carbonyl (C=O) groups excluding carboxylic acids is 1. The second-order valence-electron chi connectivity index (χ2n) is 7.84. The Bertz CT molecular complexity index is 1580. The van der Waals surface area contributed by atoms with E-state index in [9.17, 15) is 4.79 Å². The summed E-state index contributed by atoms with van der Waals surface area (Å²) in [4.78, 5) is 17.1. The van der Waals surface area contributed by atoms with Crippen molar-refractivity contribution in [1.29, 1.82) is 0 Å². The molecule has 0 aliphatic heterocycles. The van der Waals surface area contributed by atoms with Crippen LogP contribution in [0.25, 0.3) is 40.0 Å². The quantitative estimate of drug-likeness (QED) is 0.234. The molecule has 5 nitrogen and oxygen atoms in total. The third-order valence-electron chi connectivity index (χ3n) is 5.26. The van der Waals surface area contributed by atoms with Gasteiger partial charge in [0.25, 0.3) is 0 Å². The Balaban J connectivity index is 1.32. The minimum Gasteiger partial charge on any atom is -0.457 e. The summed E-state index contributed by atoms with van der Waals surface area (Å²) in [5.74, 6) is 1.25. The summed E-state index contributed by atoms with van der Waals surface area (Å²) < 4.78 is 11.6. The van der Waals surface area contributed by atoms with Crippen molar-refractivity contribution in [3.8, 4) is 22.8 Å². The van der Waals surface area contributed by atoms with Crippen LogP contribution in [0.2, 0.25) is 15.1 Å². The number of aryl methyl sites for hydroxylation is 1. The number of carbonyl (C=O) groups is 1. The topological polar surface area (TPSA) is 68.3 Å². The summed E-state index contributed by atoms with van der Waals surface area (Å²) in [5.41, 5.74) is 4.33. The Morgan fingerprint density at radius 3 is 2.46 bits per heavy atom. The fraction of sp³-hybridized carbons (Fsp3) is 0.0370. The Kier molecular flexibility index (Phi) is 6.39. The molecule has 1 amide bonds. The van der Waals surface area contributed by atoms with Gasteiger partial charge in [0.15, 0.2) is 5.58 Å². The van der Waals surface area contributed by atoms with Gasteiger partial charge < -0.3 is 14.2 Å². The van der Waals surface area contributed by atoms with Gasteiger partial charge in [-0.15, -0.1) is 0 Å². The van der Waals surface area contributed by atoms with Gasteiger partial charge in [-0.2, -0.15) is 0 Å². The zero-order valence-corrected chi connectivity index (χ0v) is 20.6. The van der Waals surface area contributed by atoms with E-state index in [2.05, 4.69) is 10.3 Å². The van der Waals surface area contributed by atoms with E-state index in [1.54, 1.807) is 54.6 Å². The first-order valence-corrected chi connectivity index (χ1v) is 11.7. The molecule has 0 fully saturated rings. The molecular formula is C27H17Cl3N2O3. The summed E-state index contributed by atoms with van der Waals surface area (Å²) >= 11 is 18.2. The van der Waals surface area contributed by atoms with Crippen molar-refractivity contribution < 1.29 is 13.6 Å². The van der Waals surface area contributed by atoms with Crippen molar-refractivity contribution in [2.45, 2.75) is 6.92 Å². The highest BCUT2D eigenvalue weighted by Crippen LogP contribution is 2.30. The molecule has 0 radical (unpaired) electrons. The lowest BCUT2D eigenvalue weighted by atomic mass is 10.1. The van der Waals surface area contributed by atoms with Crippen molar-refractivity contribution in [2.24, 2.45) is 0 Å². The van der Waals surface area contributed by atoms with Gasteiger partial charge in [-0.05, 0) is 79.2 Å². The van der Waals surface area contributed by atoms with Crippen molar-refractivity contribution in [2.75, 3.05) is 5.32 Å². The minimum absolute atomic E-state index is 0.307. The number of oxazole rings is 1. The lowest BCUT2D eigenvalue weighted by Gasteiger charge is -2.07. The average molecular weight is 524 g/mol. The molecule has 35 heavy (non-hydrogen) atoms. The molecule has 8 heteroatoms. The Morgan fingerprint density at radius 1 is 0.857 bits per heavy atom. The summed E-state index contributed by atoms with van der Waals surface area (Å²) in [6.45, 7) is 1.91. The number of amides is 1. The molecular weight excluding hydrogens is 507 g/mol. The molecule has 2 aromatic heterocycles. The molecule has 174 valence electrons. The number of anilines is 1. The van der Waals surface area contributed by atoms with Crippen LogP contribution in [-0.2, 0) is 4.79 Å². The Morgan fingerprint density at radius 2 is 1.66 bits per heavy atom. The van der Waals surface area contributed by atoms with E-state index in [0.717, 1.165) is 16.7 Å². The zero-order valence-electron chi connectivity index (χ0n) is 18.3. The Labute approximate surface area is 215 Å². The van der Waals surface area contributed by atoms with Crippen LogP contribution in [0.5, 0.6) is 0 Å². The molecule has 0 aliphatic rings. The van der Waals surface area contributed by atoms with Crippen LogP contribution in [0.3, 0.4) is 0 Å². The smallest absolute Gasteiger partial charge is 0.248 e. The first-order valence-electron chi connectivity index (χ1n) is 10.6. The van der Waals surface area contributed by atoms with Crippen LogP contribution in [-0.4, -0.2) is 10.9 Å². The van der Waals surface area contributed by atoms with Gasteiger partial charge in [-0.3, -0.25) is 4.79 Å². The number of hydrogen-bond donors (Lipinski definition) is 1. The largest absolute Gasteiger partial charge is 0.457 e. The van der Waals surface area contributed by atoms with E-state index in [0.29, 0.717) is 49.3 Å². The van der Waals surface area contributed by atoms with Crippen molar-refractivity contribution >= 4 is 63.6 Å². The van der Waals surface area contributed by atoms with Gasteiger partial charge in [0, 0.05) is 38.0 Å². The van der Waals surface area contributed by atoms with Crippen LogP contribution in [0.15, 0.2) is 81.6 Å². The van der Waals surface area contributed by atoms with Gasteiger partial charge >= 0.3 is 0 Å². The SMILES string of the molecule is Cc1ccc(-c2nc3cc(Cl)ccc3o2)cc1NC(=O)/C=C/c1ccc(-c2cc(Cl)cc(Cl)c2)o1. The molecule has 0 aliphatic carbocycles. The van der Waals surface area contributed by atoms with Crippen LogP contribution in [0.1, 0.15) is 11.3 Å². The number of furan rings is 1. The van der Waals surface area contributed by atoms with Gasteiger partial charge in [0.1, 0.15) is 17.0 Å². The molecule has 2 heterocycles. The van der Waals surface area contributed by atoms with Crippen LogP contribution in [0.4, 0.5) is 5.69 Å². The van der Waals surface area contributed by atoms with Crippen molar-refractivity contribution in [1.82, 2.24) is 4.98 Å². The maximum atomic E-state index is 12.6. The van der Waals surface area contributed by atoms with E-state index < -0.39 is 0 Å². The van der Waals surface area contributed by atoms with Crippen LogP contribution >= 0.6 is 34.8 Å². The third-order valence-corrected chi connectivity index (χ3v) is 5.94. The highest BCUT2D eigenvalue weighted by Gasteiger charge is 2.12. The lowest BCUT2D eigenvalue weighted by molar-refractivity contribution is -0.111. The number of nitrogens with one attached hydrogen (secondary N) is 1. The molecule has 0 atom stereocenters. The fourth-order valence-electron chi connectivity index (χ4n) is 3.54. The average Bonchev–Trinajstić information content (AvgIpc) is 3.45. The second-order valence-corrected chi connectivity index (χ2v) is 9.15. The molecule has 0 spiro atoms. The summed E-state index contributed by atoms with van der Waals surface area (Å²) in [5, 5.41) is 4.51. The van der Waals surface area contributed by atoms with Crippen molar-refractivity contribution in [3.05, 3.63) is 99.2 Å². The second kappa shape index (κ2) is 9.62. The number of halogens is 3. The number of nitrogens with zero attached hydrogens (tertiary/aromatic N) is 1. The highest BCUT2D eigenvalue weighted by atomic mass is 35.5. The first kappa shape index (κ1) is 23.2. The van der Waals surface area contributed by atoms with E-state index >= 15 is 0 Å². The Hall–Kier alpha value is -3.51. The van der Waals surface area contributed by atoms with E-state index in [-0.39, 0.29) is 5.91 Å². The van der Waals surface area contributed by atoms with Gasteiger partial charge in [-0.25, -0.2) is 4.98 Å². The molecule has 0 saturated carbocycles. The number of fused-ring (bicyclic) bond motifs is 1. The van der Waals surface area contributed by atoms with E-state index in [1.807, 2.05) is 25.1 Å². The first-order chi connectivity index (χ1) is 16.8. The molecule has 3 aromatic carbocycles. The highest BCUT2D eigenvalue weighted by molar-refractivity contribution is 6.35. The molecule has 5 aromatic rings.